The van der Waals surface area contributed by atoms with Gasteiger partial charge in [0, 0.05) is 6.07 Å². The van der Waals surface area contributed by atoms with Crippen LogP contribution < -0.4 is 5.73 Å². The van der Waals surface area contributed by atoms with Gasteiger partial charge in [-0.1, -0.05) is 0 Å². The highest BCUT2D eigenvalue weighted by atomic mass is 19.1. The number of nitro benzene ring substituents is 1. The van der Waals surface area contributed by atoms with Crippen molar-refractivity contribution in [1.82, 2.24) is 0 Å². The minimum absolute atomic E-state index is 0.0405. The van der Waals surface area contributed by atoms with Gasteiger partial charge in [-0.25, -0.2) is 9.18 Å². The Morgan fingerprint density at radius 2 is 2.19 bits per heavy atom. The molecule has 0 bridgehead atoms. The third kappa shape index (κ3) is 1.79. The molecule has 2 N–H and O–H groups in total. The minimum atomic E-state index is -1.04. The second-order valence-electron chi connectivity index (χ2n) is 3.06. The Hall–Kier alpha value is -2.18. The van der Waals surface area contributed by atoms with E-state index in [1.54, 1.807) is 0 Å². The molecular weight excluding hydrogens is 219 g/mol. The molecule has 86 valence electrons. The van der Waals surface area contributed by atoms with E-state index in [2.05, 4.69) is 4.74 Å². The molecule has 0 heterocycles. The topological polar surface area (TPSA) is 95.5 Å². The lowest BCUT2D eigenvalue weighted by Gasteiger charge is -2.07. The molecule has 0 aromatic heterocycles. The average molecular weight is 228 g/mol. The number of esters is 1. The van der Waals surface area contributed by atoms with Crippen molar-refractivity contribution < 1.29 is 18.8 Å². The predicted molar refractivity (Wildman–Crippen MR) is 53.5 cm³/mol. The zero-order valence-electron chi connectivity index (χ0n) is 8.61. The number of nitro groups is 1. The number of nitrogens with zero attached hydrogens (tertiary/aromatic N) is 1. The van der Waals surface area contributed by atoms with E-state index < -0.39 is 33.6 Å². The summed E-state index contributed by atoms with van der Waals surface area (Å²) in [6, 6.07) is 0.969. The Bertz CT molecular complexity index is 473. The van der Waals surface area contributed by atoms with Gasteiger partial charge in [0.25, 0.3) is 5.69 Å². The molecule has 16 heavy (non-hydrogen) atoms. The minimum Gasteiger partial charge on any atom is -0.465 e. The van der Waals surface area contributed by atoms with Gasteiger partial charge < -0.3 is 10.5 Å². The van der Waals surface area contributed by atoms with E-state index in [-0.39, 0.29) is 5.56 Å². The molecular formula is C9H9FN2O4. The number of benzene rings is 1. The number of carbonyl (C=O) groups is 1. The molecule has 0 radical (unpaired) electrons. The Morgan fingerprint density at radius 1 is 1.62 bits per heavy atom. The van der Waals surface area contributed by atoms with Gasteiger partial charge in [-0.3, -0.25) is 10.1 Å². The van der Waals surface area contributed by atoms with Crippen molar-refractivity contribution in [3.63, 3.8) is 0 Å². The Labute approximate surface area is 90.0 Å². The molecule has 0 aliphatic heterocycles. The summed E-state index contributed by atoms with van der Waals surface area (Å²) < 4.78 is 17.8. The van der Waals surface area contributed by atoms with Gasteiger partial charge in [0.15, 0.2) is 0 Å². The first-order valence-corrected chi connectivity index (χ1v) is 4.21. The first-order chi connectivity index (χ1) is 7.40. The van der Waals surface area contributed by atoms with Gasteiger partial charge in [-0.05, 0) is 12.5 Å². The smallest absolute Gasteiger partial charge is 0.343 e. The molecule has 1 aromatic rings. The standard InChI is InChI=1S/C9H9FN2O4/c1-4-3-5(12(14)15)8(11)6(7(4)10)9(13)16-2/h3H,11H2,1-2H3. The molecule has 7 heteroatoms. The van der Waals surface area contributed by atoms with Crippen molar-refractivity contribution in [2.75, 3.05) is 12.8 Å². The van der Waals surface area contributed by atoms with Crippen LogP contribution in [0, 0.1) is 22.9 Å². The number of halogens is 1. The lowest BCUT2D eigenvalue weighted by molar-refractivity contribution is -0.384. The Morgan fingerprint density at radius 3 is 2.62 bits per heavy atom. The molecule has 0 fully saturated rings. The van der Waals surface area contributed by atoms with Crippen LogP contribution in [0.4, 0.5) is 15.8 Å². The van der Waals surface area contributed by atoms with Gasteiger partial charge in [0.05, 0.1) is 12.0 Å². The van der Waals surface area contributed by atoms with Crippen molar-refractivity contribution in [3.05, 3.63) is 33.1 Å². The van der Waals surface area contributed by atoms with Crippen LogP contribution in [0.5, 0.6) is 0 Å². The largest absolute Gasteiger partial charge is 0.465 e. The number of aryl methyl sites for hydroxylation is 1. The summed E-state index contributed by atoms with van der Waals surface area (Å²) in [6.07, 6.45) is 0. The molecule has 0 aliphatic carbocycles. The van der Waals surface area contributed by atoms with E-state index in [1.165, 1.54) is 6.92 Å². The summed E-state index contributed by atoms with van der Waals surface area (Å²) >= 11 is 0. The van der Waals surface area contributed by atoms with E-state index in [9.17, 15) is 19.3 Å². The van der Waals surface area contributed by atoms with Crippen LogP contribution in [-0.2, 0) is 4.74 Å². The highest BCUT2D eigenvalue weighted by Crippen LogP contribution is 2.30. The molecule has 6 nitrogen and oxygen atoms in total. The highest BCUT2D eigenvalue weighted by molar-refractivity contribution is 5.98. The summed E-state index contributed by atoms with van der Waals surface area (Å²) in [5.74, 6) is -1.95. The summed E-state index contributed by atoms with van der Waals surface area (Å²) in [6.45, 7) is 1.30. The van der Waals surface area contributed by atoms with Crippen molar-refractivity contribution in [2.45, 2.75) is 6.92 Å². The molecule has 0 atom stereocenters. The fraction of sp³-hybridized carbons (Fsp3) is 0.222. The molecule has 0 saturated heterocycles. The lowest BCUT2D eigenvalue weighted by Crippen LogP contribution is -2.12. The Kier molecular flexibility index (Phi) is 3.07. The number of hydrogen-bond acceptors (Lipinski definition) is 5. The van der Waals surface area contributed by atoms with Crippen LogP contribution >= 0.6 is 0 Å². The van der Waals surface area contributed by atoms with E-state index in [0.717, 1.165) is 13.2 Å². The van der Waals surface area contributed by atoms with Crippen LogP contribution in [0.3, 0.4) is 0 Å². The second kappa shape index (κ2) is 4.13. The zero-order valence-corrected chi connectivity index (χ0v) is 8.61. The summed E-state index contributed by atoms with van der Waals surface area (Å²) in [5, 5.41) is 10.6. The van der Waals surface area contributed by atoms with Crippen molar-refractivity contribution in [3.8, 4) is 0 Å². The Balaban J connectivity index is 3.58. The predicted octanol–water partition coefficient (Wildman–Crippen LogP) is 1.41. The monoisotopic (exact) mass is 228 g/mol. The molecule has 0 aliphatic rings. The van der Waals surface area contributed by atoms with Crippen molar-refractivity contribution in [1.29, 1.82) is 0 Å². The van der Waals surface area contributed by atoms with Crippen LogP contribution in [0.1, 0.15) is 15.9 Å². The fourth-order valence-electron chi connectivity index (χ4n) is 1.24. The number of rotatable bonds is 2. The van der Waals surface area contributed by atoms with E-state index in [1.807, 2.05) is 0 Å². The molecule has 0 saturated carbocycles. The first kappa shape index (κ1) is 11.9. The van der Waals surface area contributed by atoms with Gasteiger partial charge in [-0.2, -0.15) is 0 Å². The maximum atomic E-state index is 13.5. The number of methoxy groups -OCH3 is 1. The summed E-state index contributed by atoms with van der Waals surface area (Å²) in [5.41, 5.74) is 3.66. The highest BCUT2D eigenvalue weighted by Gasteiger charge is 2.26. The number of carbonyl (C=O) groups excluding carboxylic acids is 1. The van der Waals surface area contributed by atoms with E-state index in [0.29, 0.717) is 0 Å². The number of ether oxygens (including phenoxy) is 1. The normalized spacial score (nSPS) is 9.94. The quantitative estimate of drug-likeness (QED) is 0.357. The third-order valence-corrected chi connectivity index (χ3v) is 2.05. The number of nitrogen functional groups attached to an aromatic ring is 1. The van der Waals surface area contributed by atoms with Crippen molar-refractivity contribution >= 4 is 17.3 Å². The average Bonchev–Trinajstić information content (AvgIpc) is 2.22. The van der Waals surface area contributed by atoms with Crippen LogP contribution in [0.15, 0.2) is 6.07 Å². The number of hydrogen-bond donors (Lipinski definition) is 1. The van der Waals surface area contributed by atoms with Crippen LogP contribution in [0.25, 0.3) is 0 Å². The van der Waals surface area contributed by atoms with Gasteiger partial charge >= 0.3 is 5.97 Å². The molecule has 0 amide bonds. The maximum absolute atomic E-state index is 13.5. The van der Waals surface area contributed by atoms with E-state index in [4.69, 9.17) is 5.73 Å². The van der Waals surface area contributed by atoms with Crippen LogP contribution in [-0.4, -0.2) is 18.0 Å². The second-order valence-corrected chi connectivity index (χ2v) is 3.06. The van der Waals surface area contributed by atoms with Gasteiger partial charge in [0.1, 0.15) is 17.1 Å². The summed E-state index contributed by atoms with van der Waals surface area (Å²) in [7, 11) is 1.04. The zero-order chi connectivity index (χ0) is 12.5. The first-order valence-electron chi connectivity index (χ1n) is 4.21. The molecule has 0 spiro atoms. The SMILES string of the molecule is COC(=O)c1c(N)c([N+](=O)[O-])cc(C)c1F. The molecule has 0 unspecified atom stereocenters. The fourth-order valence-corrected chi connectivity index (χ4v) is 1.24. The van der Waals surface area contributed by atoms with Gasteiger partial charge in [-0.15, -0.1) is 0 Å². The maximum Gasteiger partial charge on any atom is 0.343 e. The molecule has 1 aromatic carbocycles. The number of nitrogens with two attached hydrogens (primary N) is 1. The third-order valence-electron chi connectivity index (χ3n) is 2.05. The van der Waals surface area contributed by atoms with Crippen LogP contribution in [0.2, 0.25) is 0 Å². The molecule has 1 rings (SSSR count). The van der Waals surface area contributed by atoms with Crippen molar-refractivity contribution in [2.24, 2.45) is 0 Å². The number of anilines is 1. The lowest BCUT2D eigenvalue weighted by atomic mass is 10.1. The van der Waals surface area contributed by atoms with Gasteiger partial charge in [0.2, 0.25) is 0 Å². The summed E-state index contributed by atoms with van der Waals surface area (Å²) in [4.78, 5) is 21.0. The van der Waals surface area contributed by atoms with E-state index >= 15 is 0 Å².